The van der Waals surface area contributed by atoms with E-state index < -0.39 is 5.41 Å². The zero-order valence-corrected chi connectivity index (χ0v) is 19.5. The van der Waals surface area contributed by atoms with Crippen LogP contribution in [-0.4, -0.2) is 34.0 Å². The minimum absolute atomic E-state index is 0.236. The van der Waals surface area contributed by atoms with Crippen LogP contribution in [0.2, 0.25) is 0 Å². The summed E-state index contributed by atoms with van der Waals surface area (Å²) in [6.07, 6.45) is 2.51. The monoisotopic (exact) mass is 456 g/mol. The third-order valence-corrected chi connectivity index (χ3v) is 5.93. The molecule has 0 spiro atoms. The molecule has 32 heavy (non-hydrogen) atoms. The number of esters is 1. The molecule has 1 aliphatic rings. The van der Waals surface area contributed by atoms with E-state index in [9.17, 15) is 14.4 Å². The average Bonchev–Trinajstić information content (AvgIpc) is 3.05. The molecule has 0 bridgehead atoms. The predicted molar refractivity (Wildman–Crippen MR) is 122 cm³/mol. The van der Waals surface area contributed by atoms with E-state index in [1.54, 1.807) is 6.20 Å². The number of pyridine rings is 1. The summed E-state index contributed by atoms with van der Waals surface area (Å²) in [6.45, 7) is 7.78. The van der Waals surface area contributed by atoms with Crippen LogP contribution < -0.4 is 10.1 Å². The van der Waals surface area contributed by atoms with Gasteiger partial charge in [-0.3, -0.25) is 24.7 Å². The highest BCUT2D eigenvalue weighted by Crippen LogP contribution is 2.24. The SMILES string of the molecule is CC(OC(=O)C(C)(C)C)c1ccc(CCOc2ccc(C[C@@H]3SC(=O)NC3=O)cc2)nc1. The van der Waals surface area contributed by atoms with Crippen molar-refractivity contribution in [2.75, 3.05) is 6.61 Å². The molecule has 0 saturated carbocycles. The summed E-state index contributed by atoms with van der Waals surface area (Å²) in [5, 5.41) is 1.64. The second-order valence-electron chi connectivity index (χ2n) is 8.71. The van der Waals surface area contributed by atoms with Crippen molar-refractivity contribution in [2.45, 2.75) is 51.9 Å². The molecule has 3 rings (SSSR count). The third-order valence-electron chi connectivity index (χ3n) is 4.95. The number of ether oxygens (including phenoxy) is 2. The Kier molecular flexibility index (Phi) is 7.56. The number of carbonyl (C=O) groups excluding carboxylic acids is 3. The maximum absolute atomic E-state index is 12.0. The summed E-state index contributed by atoms with van der Waals surface area (Å²) in [6, 6.07) is 11.3. The van der Waals surface area contributed by atoms with Crippen LogP contribution in [0.3, 0.4) is 0 Å². The molecule has 0 aliphatic carbocycles. The quantitative estimate of drug-likeness (QED) is 0.594. The van der Waals surface area contributed by atoms with Crippen LogP contribution in [0.5, 0.6) is 5.75 Å². The number of nitrogens with zero attached hydrogens (tertiary/aromatic N) is 1. The molecule has 2 atom stereocenters. The zero-order chi connectivity index (χ0) is 23.3. The van der Waals surface area contributed by atoms with Gasteiger partial charge in [0.1, 0.15) is 11.9 Å². The normalized spacial score (nSPS) is 17.1. The first-order valence-corrected chi connectivity index (χ1v) is 11.4. The third kappa shape index (κ3) is 6.56. The Labute approximate surface area is 192 Å². The van der Waals surface area contributed by atoms with Gasteiger partial charge in [-0.1, -0.05) is 30.0 Å². The van der Waals surface area contributed by atoms with Crippen LogP contribution in [-0.2, 0) is 27.2 Å². The van der Waals surface area contributed by atoms with Gasteiger partial charge in [-0.05, 0) is 57.9 Å². The van der Waals surface area contributed by atoms with Crippen molar-refractivity contribution >= 4 is 28.9 Å². The average molecular weight is 457 g/mol. The number of imide groups is 1. The molecule has 0 radical (unpaired) electrons. The lowest BCUT2D eigenvalue weighted by Gasteiger charge is -2.21. The maximum atomic E-state index is 12.0. The summed E-state index contributed by atoms with van der Waals surface area (Å²) in [5.41, 5.74) is 2.16. The number of carbonyl (C=O) groups is 3. The summed E-state index contributed by atoms with van der Waals surface area (Å²) in [5.74, 6) is 0.250. The van der Waals surface area contributed by atoms with Gasteiger partial charge in [0.05, 0.1) is 17.3 Å². The summed E-state index contributed by atoms with van der Waals surface area (Å²) in [4.78, 5) is 39.4. The Balaban J connectivity index is 1.44. The van der Waals surface area contributed by atoms with E-state index in [0.29, 0.717) is 19.4 Å². The van der Waals surface area contributed by atoms with Gasteiger partial charge in [-0.15, -0.1) is 0 Å². The Morgan fingerprint density at radius 3 is 2.44 bits per heavy atom. The van der Waals surface area contributed by atoms with Crippen molar-refractivity contribution in [2.24, 2.45) is 5.41 Å². The smallest absolute Gasteiger partial charge is 0.311 e. The highest BCUT2D eigenvalue weighted by atomic mass is 32.2. The summed E-state index contributed by atoms with van der Waals surface area (Å²) in [7, 11) is 0. The van der Waals surface area contributed by atoms with E-state index in [1.165, 1.54) is 0 Å². The van der Waals surface area contributed by atoms with E-state index in [-0.39, 0.29) is 28.5 Å². The molecule has 2 amide bonds. The van der Waals surface area contributed by atoms with Gasteiger partial charge < -0.3 is 9.47 Å². The Hall–Kier alpha value is -2.87. The standard InChI is InChI=1S/C24H28N2O5S/c1-15(31-22(28)24(2,3)4)17-7-8-18(25-14-17)11-12-30-19-9-5-16(6-10-19)13-20-21(27)26-23(29)32-20/h5-10,14-15,20H,11-13H2,1-4H3,(H,26,27,29)/t15?,20-/m0/s1. The largest absolute Gasteiger partial charge is 0.493 e. The van der Waals surface area contributed by atoms with E-state index >= 15 is 0 Å². The summed E-state index contributed by atoms with van der Waals surface area (Å²) < 4.78 is 11.3. The fraction of sp³-hybridized carbons (Fsp3) is 0.417. The Morgan fingerprint density at radius 2 is 1.88 bits per heavy atom. The number of benzene rings is 1. The molecule has 2 heterocycles. The predicted octanol–water partition coefficient (Wildman–Crippen LogP) is 4.25. The lowest BCUT2D eigenvalue weighted by atomic mass is 9.97. The van der Waals surface area contributed by atoms with Crippen LogP contribution in [0.4, 0.5) is 4.79 Å². The number of amides is 2. The highest BCUT2D eigenvalue weighted by Gasteiger charge is 2.31. The van der Waals surface area contributed by atoms with Crippen LogP contribution in [0, 0.1) is 5.41 Å². The fourth-order valence-electron chi connectivity index (χ4n) is 2.97. The second-order valence-corrected chi connectivity index (χ2v) is 9.89. The van der Waals surface area contributed by atoms with Crippen LogP contribution in [0.25, 0.3) is 0 Å². The van der Waals surface area contributed by atoms with Crippen molar-refractivity contribution in [3.05, 3.63) is 59.4 Å². The minimum Gasteiger partial charge on any atom is -0.493 e. The molecule has 170 valence electrons. The molecule has 1 aromatic carbocycles. The van der Waals surface area contributed by atoms with Crippen molar-refractivity contribution in [3.8, 4) is 5.75 Å². The first-order valence-electron chi connectivity index (χ1n) is 10.5. The number of nitrogens with one attached hydrogen (secondary N) is 1. The molecular weight excluding hydrogens is 428 g/mol. The molecule has 1 unspecified atom stereocenters. The fourth-order valence-corrected chi connectivity index (χ4v) is 3.83. The molecule has 1 aliphatic heterocycles. The first kappa shape index (κ1) is 23.8. The Morgan fingerprint density at radius 1 is 1.16 bits per heavy atom. The van der Waals surface area contributed by atoms with Crippen LogP contribution in [0.15, 0.2) is 42.6 Å². The molecule has 8 heteroatoms. The molecular formula is C24H28N2O5S. The van der Waals surface area contributed by atoms with Crippen molar-refractivity contribution in [3.63, 3.8) is 0 Å². The lowest BCUT2D eigenvalue weighted by Crippen LogP contribution is -2.25. The number of hydrogen-bond acceptors (Lipinski definition) is 7. The van der Waals surface area contributed by atoms with Crippen molar-refractivity contribution in [1.29, 1.82) is 0 Å². The van der Waals surface area contributed by atoms with Gasteiger partial charge in [-0.2, -0.15) is 0 Å². The lowest BCUT2D eigenvalue weighted by molar-refractivity contribution is -0.158. The van der Waals surface area contributed by atoms with Crippen LogP contribution >= 0.6 is 11.8 Å². The molecule has 1 N–H and O–H groups in total. The van der Waals surface area contributed by atoms with Gasteiger partial charge in [0.2, 0.25) is 5.91 Å². The maximum Gasteiger partial charge on any atom is 0.311 e. The highest BCUT2D eigenvalue weighted by molar-refractivity contribution is 8.15. The molecule has 7 nitrogen and oxygen atoms in total. The van der Waals surface area contributed by atoms with Gasteiger partial charge >= 0.3 is 5.97 Å². The van der Waals surface area contributed by atoms with Crippen molar-refractivity contribution in [1.82, 2.24) is 10.3 Å². The number of thioether (sulfide) groups is 1. The second kappa shape index (κ2) is 10.2. The van der Waals surface area contributed by atoms with E-state index in [4.69, 9.17) is 9.47 Å². The van der Waals surface area contributed by atoms with E-state index in [1.807, 2.05) is 64.1 Å². The molecule has 1 aromatic heterocycles. The van der Waals surface area contributed by atoms with Gasteiger partial charge in [0.15, 0.2) is 0 Å². The number of rotatable bonds is 8. The van der Waals surface area contributed by atoms with E-state index in [0.717, 1.165) is 34.3 Å². The topological polar surface area (TPSA) is 94.6 Å². The Bertz CT molecular complexity index is 967. The minimum atomic E-state index is -0.541. The number of aromatic nitrogens is 1. The van der Waals surface area contributed by atoms with E-state index in [2.05, 4.69) is 10.3 Å². The number of hydrogen-bond donors (Lipinski definition) is 1. The van der Waals surface area contributed by atoms with Crippen molar-refractivity contribution < 1.29 is 23.9 Å². The van der Waals surface area contributed by atoms with Gasteiger partial charge in [-0.25, -0.2) is 0 Å². The molecule has 1 saturated heterocycles. The van der Waals surface area contributed by atoms with Gasteiger partial charge in [0.25, 0.3) is 5.24 Å². The first-order chi connectivity index (χ1) is 15.1. The zero-order valence-electron chi connectivity index (χ0n) is 18.7. The van der Waals surface area contributed by atoms with Crippen LogP contribution in [0.1, 0.15) is 50.6 Å². The molecule has 1 fully saturated rings. The van der Waals surface area contributed by atoms with Gasteiger partial charge in [0, 0.05) is 23.9 Å². The summed E-state index contributed by atoms with van der Waals surface area (Å²) >= 11 is 1.03. The molecule has 2 aromatic rings.